The average molecular weight is 347 g/mol. The molecule has 0 bridgehead atoms. The first-order valence-corrected chi connectivity index (χ1v) is 9.18. The van der Waals surface area contributed by atoms with E-state index < -0.39 is 0 Å². The second-order valence-corrected chi connectivity index (χ2v) is 6.95. The number of fused-ring (bicyclic) bond motifs is 1. The molecule has 134 valence electrons. The lowest BCUT2D eigenvalue weighted by Gasteiger charge is -2.39. The molecule has 1 aliphatic rings. The third-order valence-electron chi connectivity index (χ3n) is 5.07. The Morgan fingerprint density at radius 2 is 1.92 bits per heavy atom. The molecular formula is C22H25N3O. The van der Waals surface area contributed by atoms with E-state index in [-0.39, 0.29) is 18.0 Å². The van der Waals surface area contributed by atoms with Crippen LogP contribution in [0.2, 0.25) is 0 Å². The Hall–Kier alpha value is -2.80. The number of hydrogen-bond donors (Lipinski definition) is 1. The zero-order valence-electron chi connectivity index (χ0n) is 15.6. The molecule has 0 spiro atoms. The van der Waals surface area contributed by atoms with Crippen molar-refractivity contribution in [3.05, 3.63) is 59.2 Å². The van der Waals surface area contributed by atoms with E-state index in [4.69, 9.17) is 5.26 Å². The Kier molecular flexibility index (Phi) is 5.27. The first-order valence-electron chi connectivity index (χ1n) is 9.18. The standard InChI is InChI=1S/C22H25N3O/c1-4-17-7-10-22-20(14-17)21(13-15(2)25(22)16(3)26)24-19-8-5-18(6-9-19)11-12-23/h5-10,14-15,21,24H,4,11,13H2,1-3H3. The van der Waals surface area contributed by atoms with Crippen LogP contribution in [0.4, 0.5) is 11.4 Å². The number of anilines is 2. The monoisotopic (exact) mass is 347 g/mol. The predicted molar refractivity (Wildman–Crippen MR) is 105 cm³/mol. The van der Waals surface area contributed by atoms with E-state index in [2.05, 4.69) is 43.4 Å². The summed E-state index contributed by atoms with van der Waals surface area (Å²) in [6.07, 6.45) is 2.26. The maximum Gasteiger partial charge on any atom is 0.224 e. The van der Waals surface area contributed by atoms with Gasteiger partial charge in [0.05, 0.1) is 18.5 Å². The fourth-order valence-corrected chi connectivity index (χ4v) is 3.76. The van der Waals surface area contributed by atoms with E-state index in [0.717, 1.165) is 29.8 Å². The summed E-state index contributed by atoms with van der Waals surface area (Å²) in [6, 6.07) is 16.9. The van der Waals surface area contributed by atoms with Crippen molar-refractivity contribution in [1.29, 1.82) is 5.26 Å². The normalized spacial score (nSPS) is 18.8. The molecule has 1 heterocycles. The lowest BCUT2D eigenvalue weighted by molar-refractivity contribution is -0.117. The Labute approximate surface area is 155 Å². The molecule has 0 saturated heterocycles. The first-order chi connectivity index (χ1) is 12.5. The first kappa shape index (κ1) is 18.0. The lowest BCUT2D eigenvalue weighted by atomic mass is 9.89. The van der Waals surface area contributed by atoms with Crippen molar-refractivity contribution < 1.29 is 4.79 Å². The van der Waals surface area contributed by atoms with Crippen molar-refractivity contribution in [2.24, 2.45) is 0 Å². The fourth-order valence-electron chi connectivity index (χ4n) is 3.76. The average Bonchev–Trinajstić information content (AvgIpc) is 2.63. The number of benzene rings is 2. The quantitative estimate of drug-likeness (QED) is 0.878. The van der Waals surface area contributed by atoms with Gasteiger partial charge in [-0.25, -0.2) is 0 Å². The maximum atomic E-state index is 12.2. The minimum Gasteiger partial charge on any atom is -0.378 e. The topological polar surface area (TPSA) is 56.1 Å². The van der Waals surface area contributed by atoms with Crippen molar-refractivity contribution >= 4 is 17.3 Å². The van der Waals surface area contributed by atoms with Gasteiger partial charge in [0.15, 0.2) is 0 Å². The summed E-state index contributed by atoms with van der Waals surface area (Å²) in [5.41, 5.74) is 5.52. The molecule has 0 aromatic heterocycles. The molecule has 26 heavy (non-hydrogen) atoms. The summed E-state index contributed by atoms with van der Waals surface area (Å²) < 4.78 is 0. The highest BCUT2D eigenvalue weighted by Gasteiger charge is 2.32. The predicted octanol–water partition coefficient (Wildman–Crippen LogP) is 4.61. The van der Waals surface area contributed by atoms with Gasteiger partial charge in [0.2, 0.25) is 5.91 Å². The number of nitrogens with zero attached hydrogens (tertiary/aromatic N) is 2. The van der Waals surface area contributed by atoms with Gasteiger partial charge < -0.3 is 10.2 Å². The largest absolute Gasteiger partial charge is 0.378 e. The molecule has 1 N–H and O–H groups in total. The van der Waals surface area contributed by atoms with Gasteiger partial charge in [0.1, 0.15) is 0 Å². The molecule has 4 heteroatoms. The molecule has 4 nitrogen and oxygen atoms in total. The van der Waals surface area contributed by atoms with Crippen LogP contribution in [0.1, 0.15) is 49.9 Å². The molecule has 0 radical (unpaired) electrons. The highest BCUT2D eigenvalue weighted by molar-refractivity contribution is 5.93. The van der Waals surface area contributed by atoms with E-state index in [0.29, 0.717) is 6.42 Å². The third kappa shape index (κ3) is 3.57. The van der Waals surface area contributed by atoms with Crippen LogP contribution in [0.5, 0.6) is 0 Å². The van der Waals surface area contributed by atoms with Gasteiger partial charge in [-0.1, -0.05) is 31.2 Å². The van der Waals surface area contributed by atoms with Crippen LogP contribution in [0.25, 0.3) is 0 Å². The van der Waals surface area contributed by atoms with Crippen molar-refractivity contribution in [3.63, 3.8) is 0 Å². The number of amides is 1. The van der Waals surface area contributed by atoms with Crippen molar-refractivity contribution in [1.82, 2.24) is 0 Å². The molecule has 0 aliphatic carbocycles. The highest BCUT2D eigenvalue weighted by atomic mass is 16.2. The van der Waals surface area contributed by atoms with Gasteiger partial charge in [-0.3, -0.25) is 4.79 Å². The van der Waals surface area contributed by atoms with Crippen LogP contribution in [-0.2, 0) is 17.6 Å². The zero-order valence-corrected chi connectivity index (χ0v) is 15.6. The molecule has 2 atom stereocenters. The van der Waals surface area contributed by atoms with Crippen molar-refractivity contribution in [2.75, 3.05) is 10.2 Å². The number of nitriles is 1. The Morgan fingerprint density at radius 1 is 1.23 bits per heavy atom. The fraction of sp³-hybridized carbons (Fsp3) is 0.364. The number of carbonyl (C=O) groups is 1. The second-order valence-electron chi connectivity index (χ2n) is 6.95. The van der Waals surface area contributed by atoms with Gasteiger partial charge in [-0.2, -0.15) is 5.26 Å². The highest BCUT2D eigenvalue weighted by Crippen LogP contribution is 2.39. The summed E-state index contributed by atoms with van der Waals surface area (Å²) in [6.45, 7) is 5.88. The van der Waals surface area contributed by atoms with Crippen LogP contribution < -0.4 is 10.2 Å². The van der Waals surface area contributed by atoms with E-state index in [1.54, 1.807) is 6.92 Å². The summed E-state index contributed by atoms with van der Waals surface area (Å²) in [5.74, 6) is 0.0855. The molecule has 2 unspecified atom stereocenters. The third-order valence-corrected chi connectivity index (χ3v) is 5.07. The molecule has 3 rings (SSSR count). The second kappa shape index (κ2) is 7.61. The number of carbonyl (C=O) groups excluding carboxylic acids is 1. The molecular weight excluding hydrogens is 322 g/mol. The number of aryl methyl sites for hydroxylation is 1. The van der Waals surface area contributed by atoms with Crippen LogP contribution in [0.15, 0.2) is 42.5 Å². The minimum absolute atomic E-state index is 0.0855. The molecule has 2 aromatic rings. The van der Waals surface area contributed by atoms with Crippen LogP contribution >= 0.6 is 0 Å². The van der Waals surface area contributed by atoms with Crippen LogP contribution in [-0.4, -0.2) is 11.9 Å². The lowest BCUT2D eigenvalue weighted by Crippen LogP contribution is -2.43. The number of nitrogens with one attached hydrogen (secondary N) is 1. The van der Waals surface area contributed by atoms with E-state index in [1.807, 2.05) is 29.2 Å². The van der Waals surface area contributed by atoms with E-state index >= 15 is 0 Å². The summed E-state index contributed by atoms with van der Waals surface area (Å²) in [4.78, 5) is 14.1. The van der Waals surface area contributed by atoms with Crippen molar-refractivity contribution in [2.45, 2.75) is 52.1 Å². The smallest absolute Gasteiger partial charge is 0.224 e. The molecule has 1 aliphatic heterocycles. The zero-order chi connectivity index (χ0) is 18.7. The van der Waals surface area contributed by atoms with E-state index in [9.17, 15) is 4.79 Å². The number of hydrogen-bond acceptors (Lipinski definition) is 3. The SMILES string of the molecule is CCc1ccc2c(c1)C(Nc1ccc(CC#N)cc1)CC(C)N2C(C)=O. The Bertz CT molecular complexity index is 835. The van der Waals surface area contributed by atoms with Gasteiger partial charge in [0.25, 0.3) is 0 Å². The molecule has 0 saturated carbocycles. The summed E-state index contributed by atoms with van der Waals surface area (Å²) in [7, 11) is 0. The van der Waals surface area contributed by atoms with Gasteiger partial charge in [-0.15, -0.1) is 0 Å². The Balaban J connectivity index is 1.93. The Morgan fingerprint density at radius 3 is 2.54 bits per heavy atom. The van der Waals surface area contributed by atoms with Gasteiger partial charge >= 0.3 is 0 Å². The van der Waals surface area contributed by atoms with Crippen molar-refractivity contribution in [3.8, 4) is 6.07 Å². The molecule has 0 fully saturated rings. The van der Waals surface area contributed by atoms with Crippen LogP contribution in [0.3, 0.4) is 0 Å². The maximum absolute atomic E-state index is 12.2. The summed E-state index contributed by atoms with van der Waals surface area (Å²) >= 11 is 0. The summed E-state index contributed by atoms with van der Waals surface area (Å²) in [5, 5.41) is 12.4. The van der Waals surface area contributed by atoms with Crippen LogP contribution in [0, 0.1) is 11.3 Å². The number of rotatable bonds is 4. The molecule has 1 amide bonds. The molecule has 2 aromatic carbocycles. The minimum atomic E-state index is 0.0855. The van der Waals surface area contributed by atoms with Gasteiger partial charge in [0, 0.05) is 24.3 Å². The van der Waals surface area contributed by atoms with E-state index in [1.165, 1.54) is 11.1 Å². The van der Waals surface area contributed by atoms with Gasteiger partial charge in [-0.05, 0) is 54.7 Å².